The first-order chi connectivity index (χ1) is 15.1. The largest absolute Gasteiger partial charge is 0.374 e. The van der Waals surface area contributed by atoms with Crippen molar-refractivity contribution >= 4 is 17.5 Å². The first-order valence-electron chi connectivity index (χ1n) is 11.4. The zero-order valence-electron chi connectivity index (χ0n) is 18.3. The van der Waals surface area contributed by atoms with Gasteiger partial charge in [0.1, 0.15) is 0 Å². The van der Waals surface area contributed by atoms with Gasteiger partial charge in [0.2, 0.25) is 5.91 Å². The maximum atomic E-state index is 12.7. The Morgan fingerprint density at radius 1 is 1.13 bits per heavy atom. The van der Waals surface area contributed by atoms with Gasteiger partial charge in [-0.25, -0.2) is 0 Å². The first kappa shape index (κ1) is 21.3. The van der Waals surface area contributed by atoms with E-state index >= 15 is 0 Å². The Morgan fingerprint density at radius 3 is 2.74 bits per heavy atom. The Kier molecular flexibility index (Phi) is 6.85. The van der Waals surface area contributed by atoms with E-state index < -0.39 is 0 Å². The van der Waals surface area contributed by atoms with Gasteiger partial charge < -0.3 is 15.5 Å². The second-order valence-corrected chi connectivity index (χ2v) is 8.88. The third-order valence-corrected chi connectivity index (χ3v) is 6.65. The van der Waals surface area contributed by atoms with Crippen LogP contribution in [0.1, 0.15) is 53.6 Å². The average Bonchev–Trinajstić information content (AvgIpc) is 2.82. The summed E-state index contributed by atoms with van der Waals surface area (Å²) in [6.07, 6.45) is 9.24. The molecule has 6 heteroatoms. The summed E-state index contributed by atoms with van der Waals surface area (Å²) in [5.74, 6) is 0.591. The van der Waals surface area contributed by atoms with Crippen LogP contribution in [0.25, 0.3) is 0 Å². The van der Waals surface area contributed by atoms with Crippen LogP contribution in [0, 0.1) is 11.8 Å². The van der Waals surface area contributed by atoms with Gasteiger partial charge in [0.25, 0.3) is 5.91 Å². The number of amides is 2. The minimum absolute atomic E-state index is 0.0778. The minimum Gasteiger partial charge on any atom is -0.374 e. The molecule has 31 heavy (non-hydrogen) atoms. The van der Waals surface area contributed by atoms with Crippen molar-refractivity contribution in [1.29, 1.82) is 0 Å². The lowest BCUT2D eigenvalue weighted by atomic mass is 9.81. The fraction of sp³-hybridized carbons (Fsp3) is 0.480. The number of hydrogen-bond acceptors (Lipinski definition) is 4. The number of hydrogen-bond donors (Lipinski definition) is 2. The smallest absolute Gasteiger partial charge is 0.252 e. The Labute approximate surface area is 184 Å². The number of nitrogens with zero attached hydrogens (tertiary/aromatic N) is 2. The number of carbonyl (C=O) groups is 2. The van der Waals surface area contributed by atoms with Gasteiger partial charge >= 0.3 is 0 Å². The van der Waals surface area contributed by atoms with Crippen LogP contribution in [0.2, 0.25) is 0 Å². The van der Waals surface area contributed by atoms with Crippen molar-refractivity contribution in [3.63, 3.8) is 0 Å². The summed E-state index contributed by atoms with van der Waals surface area (Å²) >= 11 is 0. The summed E-state index contributed by atoms with van der Waals surface area (Å²) in [5, 5.41) is 6.15. The van der Waals surface area contributed by atoms with Gasteiger partial charge in [0, 0.05) is 50.7 Å². The highest BCUT2D eigenvalue weighted by Gasteiger charge is 2.26. The molecule has 164 valence electrons. The van der Waals surface area contributed by atoms with E-state index in [0.717, 1.165) is 38.6 Å². The van der Waals surface area contributed by atoms with E-state index in [1.807, 2.05) is 0 Å². The maximum absolute atomic E-state index is 12.7. The van der Waals surface area contributed by atoms with Crippen LogP contribution in [0.15, 0.2) is 42.7 Å². The predicted molar refractivity (Wildman–Crippen MR) is 122 cm³/mol. The number of carbonyl (C=O) groups excluding carboxylic acids is 2. The third kappa shape index (κ3) is 5.43. The van der Waals surface area contributed by atoms with Crippen molar-refractivity contribution < 1.29 is 9.59 Å². The molecular weight excluding hydrogens is 388 g/mol. The summed E-state index contributed by atoms with van der Waals surface area (Å²) in [7, 11) is 2.14. The summed E-state index contributed by atoms with van der Waals surface area (Å²) in [6, 6.07) is 10.1. The highest BCUT2D eigenvalue weighted by molar-refractivity contribution is 5.93. The molecule has 2 heterocycles. The van der Waals surface area contributed by atoms with Crippen molar-refractivity contribution in [2.45, 2.75) is 45.1 Å². The summed E-state index contributed by atoms with van der Waals surface area (Å²) in [5.41, 5.74) is 4.46. The number of benzene rings is 1. The molecule has 0 spiro atoms. The number of rotatable bonds is 6. The van der Waals surface area contributed by atoms with E-state index in [9.17, 15) is 9.59 Å². The fourth-order valence-electron chi connectivity index (χ4n) is 4.75. The Balaban J connectivity index is 1.19. The molecule has 1 aromatic carbocycles. The van der Waals surface area contributed by atoms with Crippen molar-refractivity contribution in [2.75, 3.05) is 25.0 Å². The monoisotopic (exact) mass is 420 g/mol. The van der Waals surface area contributed by atoms with E-state index in [2.05, 4.69) is 45.8 Å². The summed E-state index contributed by atoms with van der Waals surface area (Å²) in [4.78, 5) is 31.1. The van der Waals surface area contributed by atoms with Gasteiger partial charge in [-0.05, 0) is 73.8 Å². The lowest BCUT2D eigenvalue weighted by molar-refractivity contribution is -0.126. The molecule has 1 fully saturated rings. The normalized spacial score (nSPS) is 20.6. The minimum atomic E-state index is -0.0794. The molecule has 2 aromatic rings. The summed E-state index contributed by atoms with van der Waals surface area (Å²) in [6.45, 7) is 2.36. The number of aryl methyl sites for hydroxylation is 1. The molecule has 2 amide bonds. The summed E-state index contributed by atoms with van der Waals surface area (Å²) < 4.78 is 0. The van der Waals surface area contributed by atoms with Crippen LogP contribution < -0.4 is 15.5 Å². The topological polar surface area (TPSA) is 74.3 Å². The second kappa shape index (κ2) is 9.94. The van der Waals surface area contributed by atoms with Crippen molar-refractivity contribution in [3.8, 4) is 0 Å². The van der Waals surface area contributed by atoms with Crippen LogP contribution in [-0.4, -0.2) is 36.9 Å². The van der Waals surface area contributed by atoms with Crippen LogP contribution in [0.3, 0.4) is 0 Å². The van der Waals surface area contributed by atoms with Crippen molar-refractivity contribution in [3.05, 3.63) is 59.4 Å². The van der Waals surface area contributed by atoms with Gasteiger partial charge in [0.15, 0.2) is 0 Å². The molecule has 0 atom stereocenters. The number of pyridine rings is 1. The Morgan fingerprint density at radius 2 is 1.97 bits per heavy atom. The van der Waals surface area contributed by atoms with Gasteiger partial charge in [0.05, 0.1) is 5.56 Å². The van der Waals surface area contributed by atoms with Gasteiger partial charge in [-0.2, -0.15) is 0 Å². The molecule has 6 nitrogen and oxygen atoms in total. The standard InChI is InChI=1S/C25H32N4O2/c1-29-13-3-5-21-14-19(8-11-23(21)29)16-28-24(30)20-9-6-18(7-10-20)15-27-25(31)22-4-2-12-26-17-22/h2,4,8,11-12,14,17-18,20H,3,5-7,9-10,13,15-16H2,1H3,(H,27,31)(H,28,30). The van der Waals surface area contributed by atoms with Gasteiger partial charge in [-0.3, -0.25) is 14.6 Å². The second-order valence-electron chi connectivity index (χ2n) is 8.88. The van der Waals surface area contributed by atoms with Crippen LogP contribution in [-0.2, 0) is 17.8 Å². The van der Waals surface area contributed by atoms with E-state index in [0.29, 0.717) is 24.6 Å². The van der Waals surface area contributed by atoms with E-state index in [1.54, 1.807) is 24.5 Å². The molecule has 4 rings (SSSR count). The third-order valence-electron chi connectivity index (χ3n) is 6.65. The van der Waals surface area contributed by atoms with Crippen LogP contribution in [0.4, 0.5) is 5.69 Å². The lowest BCUT2D eigenvalue weighted by Crippen LogP contribution is -2.36. The zero-order chi connectivity index (χ0) is 21.6. The molecule has 1 aromatic heterocycles. The molecule has 2 N–H and O–H groups in total. The fourth-order valence-corrected chi connectivity index (χ4v) is 4.75. The first-order valence-corrected chi connectivity index (χ1v) is 11.4. The maximum Gasteiger partial charge on any atom is 0.252 e. The molecule has 0 saturated heterocycles. The highest BCUT2D eigenvalue weighted by Crippen LogP contribution is 2.29. The molecular formula is C25H32N4O2. The van der Waals surface area contributed by atoms with Gasteiger partial charge in [-0.1, -0.05) is 12.1 Å². The number of fused-ring (bicyclic) bond motifs is 1. The lowest BCUT2D eigenvalue weighted by Gasteiger charge is -2.28. The Hall–Kier alpha value is -2.89. The quantitative estimate of drug-likeness (QED) is 0.752. The molecule has 0 unspecified atom stereocenters. The molecule has 0 radical (unpaired) electrons. The molecule has 1 aliphatic heterocycles. The molecule has 0 bridgehead atoms. The van der Waals surface area contributed by atoms with E-state index in [1.165, 1.54) is 23.2 Å². The molecule has 1 saturated carbocycles. The zero-order valence-corrected chi connectivity index (χ0v) is 18.3. The van der Waals surface area contributed by atoms with Gasteiger partial charge in [-0.15, -0.1) is 0 Å². The number of aromatic nitrogens is 1. The van der Waals surface area contributed by atoms with Crippen molar-refractivity contribution in [1.82, 2.24) is 15.6 Å². The SMILES string of the molecule is CN1CCCc2cc(CNC(=O)C3CCC(CNC(=O)c4cccnc4)CC3)ccc21. The Bertz CT molecular complexity index is 907. The highest BCUT2D eigenvalue weighted by atomic mass is 16.2. The molecule has 2 aliphatic rings. The number of nitrogens with one attached hydrogen (secondary N) is 2. The van der Waals surface area contributed by atoms with Crippen LogP contribution >= 0.6 is 0 Å². The number of anilines is 1. The predicted octanol–water partition coefficient (Wildman–Crippen LogP) is 3.32. The van der Waals surface area contributed by atoms with Crippen molar-refractivity contribution in [2.24, 2.45) is 11.8 Å². The van der Waals surface area contributed by atoms with E-state index in [-0.39, 0.29) is 17.7 Å². The molecule has 1 aliphatic carbocycles. The average molecular weight is 421 g/mol. The van der Waals surface area contributed by atoms with E-state index in [4.69, 9.17) is 0 Å². The van der Waals surface area contributed by atoms with Crippen LogP contribution in [0.5, 0.6) is 0 Å².